The Hall–Kier alpha value is -2.26. The second kappa shape index (κ2) is 7.96. The lowest BCUT2D eigenvalue weighted by molar-refractivity contribution is 0.117. The number of ether oxygens (including phenoxy) is 1. The van der Waals surface area contributed by atoms with E-state index in [4.69, 9.17) is 4.74 Å². The van der Waals surface area contributed by atoms with Gasteiger partial charge in [-0.05, 0) is 56.5 Å². The second-order valence-corrected chi connectivity index (χ2v) is 7.43. The van der Waals surface area contributed by atoms with Gasteiger partial charge >= 0.3 is 0 Å². The molecule has 0 bridgehead atoms. The molecule has 1 unspecified atom stereocenters. The van der Waals surface area contributed by atoms with Gasteiger partial charge in [-0.3, -0.25) is 4.90 Å². The molecule has 0 spiro atoms. The Balaban J connectivity index is 1.37. The quantitative estimate of drug-likeness (QED) is 0.655. The predicted molar refractivity (Wildman–Crippen MR) is 108 cm³/mol. The number of aromatic nitrogens is 1. The summed E-state index contributed by atoms with van der Waals surface area (Å²) in [6.07, 6.45) is 7.19. The third-order valence-corrected chi connectivity index (χ3v) is 5.54. The summed E-state index contributed by atoms with van der Waals surface area (Å²) in [7, 11) is 0. The lowest BCUT2D eigenvalue weighted by Gasteiger charge is -2.35. The van der Waals surface area contributed by atoms with Gasteiger partial charge in [-0.1, -0.05) is 42.3 Å². The van der Waals surface area contributed by atoms with Gasteiger partial charge in [-0.2, -0.15) is 0 Å². The van der Waals surface area contributed by atoms with E-state index in [1.807, 2.05) is 0 Å². The van der Waals surface area contributed by atoms with Gasteiger partial charge in [0.05, 0.1) is 6.61 Å². The van der Waals surface area contributed by atoms with E-state index < -0.39 is 0 Å². The number of nitrogens with zero attached hydrogens (tertiary/aromatic N) is 1. The lowest BCUT2D eigenvalue weighted by Crippen LogP contribution is -2.39. The van der Waals surface area contributed by atoms with Crippen LogP contribution in [0.1, 0.15) is 36.8 Å². The highest BCUT2D eigenvalue weighted by atomic mass is 16.5. The number of hydrogen-bond donors (Lipinski definition) is 1. The molecular weight excluding hydrogens is 320 g/mol. The highest BCUT2D eigenvalue weighted by Crippen LogP contribution is 2.25. The van der Waals surface area contributed by atoms with E-state index in [9.17, 15) is 0 Å². The van der Waals surface area contributed by atoms with Gasteiger partial charge < -0.3 is 9.72 Å². The molecular formula is C23H28N2O. The van der Waals surface area contributed by atoms with Crippen LogP contribution in [-0.2, 0) is 6.54 Å². The monoisotopic (exact) mass is 348 g/mol. The van der Waals surface area contributed by atoms with Crippen LogP contribution in [0.15, 0.2) is 54.7 Å². The summed E-state index contributed by atoms with van der Waals surface area (Å²) in [6, 6.07) is 17.6. The fourth-order valence-corrected chi connectivity index (χ4v) is 4.02. The number of likely N-dealkylation sites (tertiary alicyclic amines) is 1. The molecule has 0 saturated carbocycles. The summed E-state index contributed by atoms with van der Waals surface area (Å²) in [6.45, 7) is 5.11. The van der Waals surface area contributed by atoms with Crippen molar-refractivity contribution in [3.8, 4) is 5.75 Å². The van der Waals surface area contributed by atoms with Crippen molar-refractivity contribution in [1.29, 1.82) is 0 Å². The molecule has 1 saturated heterocycles. The number of benzene rings is 2. The minimum Gasteiger partial charge on any atom is -0.494 e. The summed E-state index contributed by atoms with van der Waals surface area (Å²) >= 11 is 0. The van der Waals surface area contributed by atoms with Gasteiger partial charge in [-0.15, -0.1) is 0 Å². The lowest BCUT2D eigenvalue weighted by atomic mass is 9.98. The molecule has 1 fully saturated rings. The molecule has 2 heterocycles. The van der Waals surface area contributed by atoms with E-state index in [0.29, 0.717) is 6.04 Å². The summed E-state index contributed by atoms with van der Waals surface area (Å²) in [5.74, 6) is 0.981. The molecule has 1 aromatic heterocycles. The van der Waals surface area contributed by atoms with Crippen molar-refractivity contribution in [2.24, 2.45) is 0 Å². The number of para-hydroxylation sites is 1. The standard InChI is InChI=1S/C23H28N2O/c1-18-9-11-21(12-10-18)26-15-13-20-6-4-5-14-25(20)17-19-16-24-23-8-3-2-7-22(19)23/h2-3,7-12,16,20,24H,4-6,13-15,17H2,1H3. The van der Waals surface area contributed by atoms with Gasteiger partial charge in [0.25, 0.3) is 0 Å². The summed E-state index contributed by atoms with van der Waals surface area (Å²) in [4.78, 5) is 6.06. The zero-order valence-electron chi connectivity index (χ0n) is 15.6. The van der Waals surface area contributed by atoms with Crippen molar-refractivity contribution in [2.45, 2.75) is 45.2 Å². The number of H-pyrrole nitrogens is 1. The van der Waals surface area contributed by atoms with Crippen LogP contribution in [-0.4, -0.2) is 29.1 Å². The normalized spacial score (nSPS) is 18.3. The molecule has 26 heavy (non-hydrogen) atoms. The van der Waals surface area contributed by atoms with Crippen molar-refractivity contribution in [1.82, 2.24) is 9.88 Å². The SMILES string of the molecule is Cc1ccc(OCCC2CCCCN2Cc2c[nH]c3ccccc23)cc1. The molecule has 0 radical (unpaired) electrons. The summed E-state index contributed by atoms with van der Waals surface area (Å²) in [5, 5.41) is 1.35. The van der Waals surface area contributed by atoms with E-state index in [1.165, 1.54) is 47.8 Å². The maximum atomic E-state index is 5.98. The smallest absolute Gasteiger partial charge is 0.119 e. The van der Waals surface area contributed by atoms with Crippen LogP contribution in [0.5, 0.6) is 5.75 Å². The molecule has 1 aliphatic rings. The van der Waals surface area contributed by atoms with Crippen molar-refractivity contribution < 1.29 is 4.74 Å². The minimum atomic E-state index is 0.614. The maximum absolute atomic E-state index is 5.98. The number of rotatable bonds is 6. The molecule has 2 aromatic carbocycles. The van der Waals surface area contributed by atoms with Crippen LogP contribution in [0.2, 0.25) is 0 Å². The van der Waals surface area contributed by atoms with Crippen molar-refractivity contribution in [3.05, 3.63) is 65.9 Å². The zero-order valence-corrected chi connectivity index (χ0v) is 15.6. The van der Waals surface area contributed by atoms with Gasteiger partial charge in [0.1, 0.15) is 5.75 Å². The van der Waals surface area contributed by atoms with E-state index in [-0.39, 0.29) is 0 Å². The van der Waals surface area contributed by atoms with Crippen LogP contribution >= 0.6 is 0 Å². The number of fused-ring (bicyclic) bond motifs is 1. The third-order valence-electron chi connectivity index (χ3n) is 5.54. The summed E-state index contributed by atoms with van der Waals surface area (Å²) < 4.78 is 5.98. The van der Waals surface area contributed by atoms with Crippen molar-refractivity contribution >= 4 is 10.9 Å². The molecule has 4 rings (SSSR count). The van der Waals surface area contributed by atoms with Crippen LogP contribution in [0.3, 0.4) is 0 Å². The van der Waals surface area contributed by atoms with Gasteiger partial charge in [0, 0.05) is 29.7 Å². The number of nitrogens with one attached hydrogen (secondary N) is 1. The number of aryl methyl sites for hydroxylation is 1. The molecule has 1 atom stereocenters. The van der Waals surface area contributed by atoms with Crippen LogP contribution in [0.25, 0.3) is 10.9 Å². The van der Waals surface area contributed by atoms with E-state index in [0.717, 1.165) is 25.3 Å². The van der Waals surface area contributed by atoms with Gasteiger partial charge in [-0.25, -0.2) is 0 Å². The van der Waals surface area contributed by atoms with E-state index in [1.54, 1.807) is 0 Å². The Morgan fingerprint density at radius 1 is 1.08 bits per heavy atom. The molecule has 3 aromatic rings. The topological polar surface area (TPSA) is 28.3 Å². The van der Waals surface area contributed by atoms with Crippen LogP contribution in [0.4, 0.5) is 0 Å². The Bertz CT molecular complexity index is 837. The number of hydrogen-bond acceptors (Lipinski definition) is 2. The Morgan fingerprint density at radius 3 is 2.81 bits per heavy atom. The Kier molecular flexibility index (Phi) is 5.26. The average molecular weight is 348 g/mol. The maximum Gasteiger partial charge on any atom is 0.119 e. The fourth-order valence-electron chi connectivity index (χ4n) is 4.02. The molecule has 3 nitrogen and oxygen atoms in total. The van der Waals surface area contributed by atoms with Gasteiger partial charge in [0.15, 0.2) is 0 Å². The van der Waals surface area contributed by atoms with Crippen molar-refractivity contribution in [2.75, 3.05) is 13.2 Å². The largest absolute Gasteiger partial charge is 0.494 e. The third kappa shape index (κ3) is 3.94. The first-order valence-electron chi connectivity index (χ1n) is 9.78. The highest BCUT2D eigenvalue weighted by Gasteiger charge is 2.23. The fraction of sp³-hybridized carbons (Fsp3) is 0.391. The van der Waals surface area contributed by atoms with Gasteiger partial charge in [0.2, 0.25) is 0 Å². The molecule has 136 valence electrons. The molecule has 1 aliphatic heterocycles. The Labute approximate surface area is 156 Å². The average Bonchev–Trinajstić information content (AvgIpc) is 3.08. The molecule has 1 N–H and O–H groups in total. The molecule has 0 amide bonds. The van der Waals surface area contributed by atoms with Crippen molar-refractivity contribution in [3.63, 3.8) is 0 Å². The molecule has 3 heteroatoms. The van der Waals surface area contributed by atoms with E-state index >= 15 is 0 Å². The first-order chi connectivity index (χ1) is 12.8. The van der Waals surface area contributed by atoms with Crippen LogP contribution < -0.4 is 4.74 Å². The number of piperidine rings is 1. The zero-order chi connectivity index (χ0) is 17.8. The highest BCUT2D eigenvalue weighted by molar-refractivity contribution is 5.82. The second-order valence-electron chi connectivity index (χ2n) is 7.43. The van der Waals surface area contributed by atoms with Crippen LogP contribution in [0, 0.1) is 6.92 Å². The first-order valence-corrected chi connectivity index (χ1v) is 9.78. The van der Waals surface area contributed by atoms with E-state index in [2.05, 4.69) is 71.5 Å². The summed E-state index contributed by atoms with van der Waals surface area (Å²) in [5.41, 5.74) is 3.92. The minimum absolute atomic E-state index is 0.614. The Morgan fingerprint density at radius 2 is 1.92 bits per heavy atom. The number of aromatic amines is 1. The molecule has 0 aliphatic carbocycles. The predicted octanol–water partition coefficient (Wildman–Crippen LogP) is 5.30. The first kappa shape index (κ1) is 17.2.